The quantitative estimate of drug-likeness (QED) is 0.841. The summed E-state index contributed by atoms with van der Waals surface area (Å²) in [7, 11) is 4.04. The molecule has 0 radical (unpaired) electrons. The van der Waals surface area contributed by atoms with Gasteiger partial charge in [-0.2, -0.15) is 0 Å². The van der Waals surface area contributed by atoms with E-state index in [1.807, 2.05) is 14.1 Å². The number of nitrogens with zero attached hydrogens (tertiary/aromatic N) is 2. The van der Waals surface area contributed by atoms with Gasteiger partial charge in [-0.05, 0) is 50.9 Å². The van der Waals surface area contributed by atoms with Crippen LogP contribution in [-0.2, 0) is 12.8 Å². The molecule has 5 heteroatoms. The van der Waals surface area contributed by atoms with Crippen molar-refractivity contribution in [3.63, 3.8) is 0 Å². The molecule has 116 valence electrons. The number of anilines is 1. The van der Waals surface area contributed by atoms with Crippen LogP contribution in [0.4, 0.5) is 5.82 Å². The fourth-order valence-corrected chi connectivity index (χ4v) is 2.74. The average Bonchev–Trinajstić information content (AvgIpc) is 2.83. The molecule has 1 aliphatic rings. The number of carboxylic acids is 1. The van der Waals surface area contributed by atoms with Gasteiger partial charge in [-0.3, -0.25) is 0 Å². The first kappa shape index (κ1) is 15.8. The van der Waals surface area contributed by atoms with Crippen molar-refractivity contribution in [3.05, 3.63) is 22.9 Å². The van der Waals surface area contributed by atoms with E-state index in [0.717, 1.165) is 37.1 Å². The van der Waals surface area contributed by atoms with E-state index in [2.05, 4.69) is 29.0 Å². The van der Waals surface area contributed by atoms with Gasteiger partial charge >= 0.3 is 5.97 Å². The number of carbonyl (C=O) groups is 1. The molecule has 0 saturated heterocycles. The number of aromatic carboxylic acids is 1. The molecule has 2 rings (SSSR count). The third-order valence-corrected chi connectivity index (χ3v) is 3.97. The zero-order valence-corrected chi connectivity index (χ0v) is 13.3. The Labute approximate surface area is 126 Å². The Balaban J connectivity index is 2.31. The molecule has 0 saturated carbocycles. The Morgan fingerprint density at radius 2 is 2.14 bits per heavy atom. The molecule has 1 heterocycles. The predicted molar refractivity (Wildman–Crippen MR) is 84.0 cm³/mol. The number of aryl methyl sites for hydroxylation is 2. The Hall–Kier alpha value is -1.62. The molecule has 5 nitrogen and oxygen atoms in total. The van der Waals surface area contributed by atoms with Crippen LogP contribution in [0.1, 0.15) is 41.9 Å². The normalized spacial score (nSPS) is 15.3. The van der Waals surface area contributed by atoms with Crippen LogP contribution in [0, 0.1) is 5.92 Å². The number of hydrogen-bond acceptors (Lipinski definition) is 4. The van der Waals surface area contributed by atoms with Crippen LogP contribution in [0.2, 0.25) is 0 Å². The fourth-order valence-electron chi connectivity index (χ4n) is 2.74. The molecular weight excluding hydrogens is 266 g/mol. The summed E-state index contributed by atoms with van der Waals surface area (Å²) < 4.78 is 0. The largest absolute Gasteiger partial charge is 0.478 e. The first-order chi connectivity index (χ1) is 9.88. The number of hydrogen-bond donors (Lipinski definition) is 2. The highest BCUT2D eigenvalue weighted by atomic mass is 16.4. The molecule has 1 aromatic rings. The highest BCUT2D eigenvalue weighted by Crippen LogP contribution is 2.26. The second kappa shape index (κ2) is 6.43. The fraction of sp³-hybridized carbons (Fsp3) is 0.625. The van der Waals surface area contributed by atoms with Crippen LogP contribution in [0.25, 0.3) is 0 Å². The number of pyridine rings is 1. The maximum Gasteiger partial charge on any atom is 0.339 e. The Kier molecular flexibility index (Phi) is 4.83. The van der Waals surface area contributed by atoms with E-state index in [4.69, 9.17) is 0 Å². The van der Waals surface area contributed by atoms with Crippen LogP contribution in [0.3, 0.4) is 0 Å². The molecule has 1 unspecified atom stereocenters. The van der Waals surface area contributed by atoms with Gasteiger partial charge in [-0.25, -0.2) is 9.78 Å². The van der Waals surface area contributed by atoms with Crippen molar-refractivity contribution in [3.8, 4) is 0 Å². The molecule has 0 spiro atoms. The van der Waals surface area contributed by atoms with Crippen LogP contribution in [0.15, 0.2) is 6.07 Å². The monoisotopic (exact) mass is 291 g/mol. The lowest BCUT2D eigenvalue weighted by molar-refractivity contribution is 0.0697. The van der Waals surface area contributed by atoms with E-state index in [9.17, 15) is 9.90 Å². The SMILES string of the molecule is CC(C)C(CN(C)C)Nc1nc2c(cc1C(=O)O)CCC2. The minimum atomic E-state index is -0.910. The van der Waals surface area contributed by atoms with E-state index in [1.165, 1.54) is 0 Å². The number of rotatable bonds is 6. The summed E-state index contributed by atoms with van der Waals surface area (Å²) in [6.07, 6.45) is 2.95. The Morgan fingerprint density at radius 1 is 1.43 bits per heavy atom. The molecule has 0 aromatic carbocycles. The van der Waals surface area contributed by atoms with Crippen LogP contribution >= 0.6 is 0 Å². The van der Waals surface area contributed by atoms with Crippen LogP contribution in [-0.4, -0.2) is 47.6 Å². The molecule has 0 bridgehead atoms. The van der Waals surface area contributed by atoms with Crippen molar-refractivity contribution in [2.45, 2.75) is 39.2 Å². The third-order valence-electron chi connectivity index (χ3n) is 3.97. The van der Waals surface area contributed by atoms with E-state index in [1.54, 1.807) is 6.07 Å². The van der Waals surface area contributed by atoms with Gasteiger partial charge in [0.15, 0.2) is 0 Å². The summed E-state index contributed by atoms with van der Waals surface area (Å²) in [4.78, 5) is 18.2. The van der Waals surface area contributed by atoms with Crippen LogP contribution < -0.4 is 5.32 Å². The molecule has 0 amide bonds. The van der Waals surface area contributed by atoms with Gasteiger partial charge in [0.25, 0.3) is 0 Å². The van der Waals surface area contributed by atoms with E-state index in [-0.39, 0.29) is 6.04 Å². The zero-order chi connectivity index (χ0) is 15.6. The molecule has 0 fully saturated rings. The van der Waals surface area contributed by atoms with E-state index >= 15 is 0 Å². The summed E-state index contributed by atoms with van der Waals surface area (Å²) in [5.74, 6) is -0.000131. The van der Waals surface area contributed by atoms with Gasteiger partial charge < -0.3 is 15.3 Å². The number of carboxylic acid groups (broad SMARTS) is 1. The molecule has 1 atom stereocenters. The van der Waals surface area contributed by atoms with Gasteiger partial charge in [0.1, 0.15) is 11.4 Å². The van der Waals surface area contributed by atoms with Crippen molar-refractivity contribution in [1.29, 1.82) is 0 Å². The lowest BCUT2D eigenvalue weighted by Crippen LogP contribution is -2.37. The molecule has 1 aromatic heterocycles. The van der Waals surface area contributed by atoms with Crippen molar-refractivity contribution in [1.82, 2.24) is 9.88 Å². The Bertz CT molecular complexity index is 526. The number of aromatic nitrogens is 1. The maximum atomic E-state index is 11.5. The average molecular weight is 291 g/mol. The smallest absolute Gasteiger partial charge is 0.339 e. The Morgan fingerprint density at radius 3 is 2.71 bits per heavy atom. The van der Waals surface area contributed by atoms with E-state index in [0.29, 0.717) is 17.3 Å². The van der Waals surface area contributed by atoms with Gasteiger partial charge in [0, 0.05) is 18.3 Å². The first-order valence-corrected chi connectivity index (χ1v) is 7.56. The van der Waals surface area contributed by atoms with E-state index < -0.39 is 5.97 Å². The summed E-state index contributed by atoms with van der Waals surface area (Å²) in [6.45, 7) is 5.11. The minimum absolute atomic E-state index is 0.171. The lowest BCUT2D eigenvalue weighted by Gasteiger charge is -2.27. The zero-order valence-electron chi connectivity index (χ0n) is 13.3. The third kappa shape index (κ3) is 3.73. The minimum Gasteiger partial charge on any atom is -0.478 e. The van der Waals surface area contributed by atoms with Gasteiger partial charge in [0.05, 0.1) is 0 Å². The topological polar surface area (TPSA) is 65.5 Å². The standard InChI is InChI=1S/C16H25N3O2/c1-10(2)14(9-19(3)4)18-15-12(16(20)21)8-11-6-5-7-13(11)17-15/h8,10,14H,5-7,9H2,1-4H3,(H,17,18)(H,20,21). The van der Waals surface area contributed by atoms with Crippen molar-refractivity contribution >= 4 is 11.8 Å². The van der Waals surface area contributed by atoms with Crippen LogP contribution in [0.5, 0.6) is 0 Å². The molecular formula is C16H25N3O2. The number of fused-ring (bicyclic) bond motifs is 1. The van der Waals surface area contributed by atoms with Crippen molar-refractivity contribution < 1.29 is 9.90 Å². The van der Waals surface area contributed by atoms with Gasteiger partial charge in [-0.1, -0.05) is 13.8 Å². The van der Waals surface area contributed by atoms with Crippen molar-refractivity contribution in [2.75, 3.05) is 26.0 Å². The predicted octanol–water partition coefficient (Wildman–Crippen LogP) is 2.27. The first-order valence-electron chi connectivity index (χ1n) is 7.56. The number of nitrogens with one attached hydrogen (secondary N) is 1. The molecule has 1 aliphatic carbocycles. The van der Waals surface area contributed by atoms with Gasteiger partial charge in [-0.15, -0.1) is 0 Å². The second-order valence-corrected chi connectivity index (χ2v) is 6.41. The number of likely N-dealkylation sites (N-methyl/N-ethyl adjacent to an activating group) is 1. The summed E-state index contributed by atoms with van der Waals surface area (Å²) in [5, 5.41) is 12.8. The highest BCUT2D eigenvalue weighted by Gasteiger charge is 2.23. The second-order valence-electron chi connectivity index (χ2n) is 6.41. The maximum absolute atomic E-state index is 11.5. The summed E-state index contributed by atoms with van der Waals surface area (Å²) in [5.41, 5.74) is 2.43. The highest BCUT2D eigenvalue weighted by molar-refractivity contribution is 5.93. The molecule has 21 heavy (non-hydrogen) atoms. The summed E-state index contributed by atoms with van der Waals surface area (Å²) >= 11 is 0. The van der Waals surface area contributed by atoms with Crippen molar-refractivity contribution in [2.24, 2.45) is 5.92 Å². The summed E-state index contributed by atoms with van der Waals surface area (Å²) in [6, 6.07) is 1.97. The van der Waals surface area contributed by atoms with Gasteiger partial charge in [0.2, 0.25) is 0 Å². The molecule has 0 aliphatic heterocycles. The lowest BCUT2D eigenvalue weighted by atomic mass is 10.0. The molecule has 2 N–H and O–H groups in total.